The number of allylic oxidation sites excluding steroid dienone is 2. The zero-order valence-electron chi connectivity index (χ0n) is 27.7. The molecule has 2 heterocycles. The van der Waals surface area contributed by atoms with Crippen molar-refractivity contribution in [3.63, 3.8) is 0 Å². The van der Waals surface area contributed by atoms with Gasteiger partial charge in [-0.25, -0.2) is 9.38 Å². The number of anilines is 1. The quantitative estimate of drug-likeness (QED) is 0.157. The second kappa shape index (κ2) is 12.4. The zero-order valence-corrected chi connectivity index (χ0v) is 27.7. The van der Waals surface area contributed by atoms with E-state index in [4.69, 9.17) is 4.99 Å². The van der Waals surface area contributed by atoms with Crippen LogP contribution in [-0.4, -0.2) is 61.3 Å². The normalized spacial score (nSPS) is 19.0. The molecule has 1 aromatic heterocycles. The molecule has 1 atom stereocenters. The molecular weight excluding hydrogens is 549 g/mol. The van der Waals surface area contributed by atoms with Crippen molar-refractivity contribution in [2.24, 2.45) is 15.9 Å². The molecule has 1 aliphatic heterocycles. The summed E-state index contributed by atoms with van der Waals surface area (Å²) in [7, 11) is 3.78. The Balaban J connectivity index is 1.74. The fraction of sp³-hybridized carbons (Fsp3) is 0.486. The second-order valence-electron chi connectivity index (χ2n) is 13.2. The van der Waals surface area contributed by atoms with Gasteiger partial charge in [-0.05, 0) is 63.8 Å². The minimum atomic E-state index is -0.384. The second-order valence-corrected chi connectivity index (χ2v) is 13.2. The minimum Gasteiger partial charge on any atom is -0.367 e. The number of nitrogens with zero attached hydrogens (tertiary/aromatic N) is 5. The Hall–Kier alpha value is -3.58. The van der Waals surface area contributed by atoms with E-state index >= 15 is 4.39 Å². The molecule has 0 amide bonds. The maximum atomic E-state index is 15.9. The summed E-state index contributed by atoms with van der Waals surface area (Å²) in [6.07, 6.45) is 6.92. The lowest BCUT2D eigenvalue weighted by atomic mass is 9.74. The van der Waals surface area contributed by atoms with Gasteiger partial charge < -0.3 is 14.4 Å². The lowest BCUT2D eigenvalue weighted by Gasteiger charge is -2.34. The largest absolute Gasteiger partial charge is 0.367 e. The zero-order chi connectivity index (χ0) is 31.8. The Bertz CT molecular complexity index is 1670. The molecule has 1 saturated heterocycles. The van der Waals surface area contributed by atoms with Crippen LogP contribution >= 0.6 is 0 Å². The van der Waals surface area contributed by atoms with E-state index in [1.165, 1.54) is 11.6 Å². The number of aromatic nitrogens is 1. The molecule has 3 aromatic rings. The summed E-state index contributed by atoms with van der Waals surface area (Å²) >= 11 is 0. The van der Waals surface area contributed by atoms with Crippen molar-refractivity contribution in [2.75, 3.05) is 45.2 Å². The fourth-order valence-electron chi connectivity index (χ4n) is 6.76. The molecule has 6 nitrogen and oxygen atoms in total. The van der Waals surface area contributed by atoms with Crippen molar-refractivity contribution >= 4 is 28.1 Å². The van der Waals surface area contributed by atoms with Gasteiger partial charge in [0.1, 0.15) is 5.82 Å². The first-order valence-corrected chi connectivity index (χ1v) is 16.1. The third kappa shape index (κ3) is 5.67. The van der Waals surface area contributed by atoms with Crippen LogP contribution in [0.2, 0.25) is 0 Å². The van der Waals surface area contributed by atoms with E-state index in [1.807, 2.05) is 30.5 Å². The molecule has 7 heteroatoms. The smallest absolute Gasteiger partial charge is 0.200 e. The standard InChI is InChI=1S/C37H48FN5O/c1-9-25(3)34(36(5,6)27-14-12-11-13-15-27)40-35(39-7)29-24-43(37(16-17-37)26(4)10-2)31-23-32(30(38)22-28(31)33(29)44)42-20-18-41(8)19-21-42/h10-15,22-25H,9,16-21H2,1-8H3/b26-10+,39-35?,40-34?. The Kier molecular flexibility index (Phi) is 8.99. The fourth-order valence-corrected chi connectivity index (χ4v) is 6.76. The van der Waals surface area contributed by atoms with Crippen LogP contribution in [0.1, 0.15) is 71.9 Å². The van der Waals surface area contributed by atoms with Gasteiger partial charge in [0.05, 0.1) is 22.3 Å². The van der Waals surface area contributed by atoms with Gasteiger partial charge in [0, 0.05) is 55.9 Å². The number of aliphatic imine (C=N–C) groups is 2. The van der Waals surface area contributed by atoms with Gasteiger partial charge in [0.25, 0.3) is 0 Å². The molecule has 0 N–H and O–H groups in total. The van der Waals surface area contributed by atoms with Gasteiger partial charge in [-0.3, -0.25) is 9.79 Å². The molecule has 1 aliphatic carbocycles. The van der Waals surface area contributed by atoms with Gasteiger partial charge >= 0.3 is 0 Å². The molecule has 234 valence electrons. The first-order valence-electron chi connectivity index (χ1n) is 16.1. The number of amidine groups is 1. The lowest BCUT2D eigenvalue weighted by molar-refractivity contribution is 0.312. The van der Waals surface area contributed by atoms with Crippen LogP contribution in [0.3, 0.4) is 0 Å². The number of likely N-dealkylation sites (N-methyl/N-ethyl adjacent to an activating group) is 1. The summed E-state index contributed by atoms with van der Waals surface area (Å²) in [5.74, 6) is 0.190. The van der Waals surface area contributed by atoms with Crippen LogP contribution in [0.5, 0.6) is 0 Å². The first kappa shape index (κ1) is 31.8. The number of hydrogen-bond donors (Lipinski definition) is 0. The minimum absolute atomic E-state index is 0.160. The van der Waals surface area contributed by atoms with Gasteiger partial charge in [0.2, 0.25) is 5.43 Å². The van der Waals surface area contributed by atoms with Crippen molar-refractivity contribution in [1.82, 2.24) is 9.47 Å². The van der Waals surface area contributed by atoms with E-state index in [2.05, 4.69) is 86.2 Å². The molecule has 0 radical (unpaired) electrons. The van der Waals surface area contributed by atoms with Crippen LogP contribution in [0.15, 0.2) is 75.1 Å². The topological polar surface area (TPSA) is 53.2 Å². The van der Waals surface area contributed by atoms with Gasteiger partial charge in [0.15, 0.2) is 5.84 Å². The molecule has 2 aromatic carbocycles. The van der Waals surface area contributed by atoms with Crippen molar-refractivity contribution in [3.8, 4) is 0 Å². The molecule has 2 aliphatic rings. The third-order valence-corrected chi connectivity index (χ3v) is 10.2. The van der Waals surface area contributed by atoms with E-state index in [9.17, 15) is 4.79 Å². The monoisotopic (exact) mass is 597 g/mol. The van der Waals surface area contributed by atoms with Crippen molar-refractivity contribution < 1.29 is 4.39 Å². The predicted octanol–water partition coefficient (Wildman–Crippen LogP) is 7.19. The maximum Gasteiger partial charge on any atom is 0.200 e. The number of piperazine rings is 1. The van der Waals surface area contributed by atoms with Crippen LogP contribution in [0.4, 0.5) is 10.1 Å². The number of rotatable bonds is 8. The summed E-state index contributed by atoms with van der Waals surface area (Å²) in [5, 5.41) is 0.372. The summed E-state index contributed by atoms with van der Waals surface area (Å²) in [5.41, 5.74) is 4.23. The van der Waals surface area contributed by atoms with Crippen LogP contribution in [0, 0.1) is 11.7 Å². The molecular formula is C37H48FN5O. The molecule has 44 heavy (non-hydrogen) atoms. The van der Waals surface area contributed by atoms with Crippen LogP contribution in [0.25, 0.3) is 10.9 Å². The Labute approximate surface area is 262 Å². The highest BCUT2D eigenvalue weighted by molar-refractivity contribution is 6.11. The first-order chi connectivity index (χ1) is 21.0. The number of fused-ring (bicyclic) bond motifs is 1. The van der Waals surface area contributed by atoms with Crippen LogP contribution in [-0.2, 0) is 11.0 Å². The van der Waals surface area contributed by atoms with Crippen molar-refractivity contribution in [2.45, 2.75) is 71.8 Å². The van der Waals surface area contributed by atoms with Gasteiger partial charge in [-0.2, -0.15) is 0 Å². The molecule has 1 unspecified atom stereocenters. The number of pyridine rings is 1. The average molecular weight is 598 g/mol. The number of benzene rings is 2. The van der Waals surface area contributed by atoms with Gasteiger partial charge in [-0.1, -0.05) is 69.7 Å². The van der Waals surface area contributed by atoms with Gasteiger partial charge in [-0.15, -0.1) is 0 Å². The molecule has 0 spiro atoms. The number of halogens is 1. The summed E-state index contributed by atoms with van der Waals surface area (Å²) in [6, 6.07) is 13.7. The Morgan fingerprint density at radius 2 is 1.77 bits per heavy atom. The number of hydrogen-bond acceptors (Lipinski definition) is 4. The summed E-state index contributed by atoms with van der Waals surface area (Å²) < 4.78 is 18.1. The molecule has 1 saturated carbocycles. The molecule has 2 fully saturated rings. The van der Waals surface area contributed by atoms with E-state index < -0.39 is 0 Å². The highest BCUT2D eigenvalue weighted by atomic mass is 19.1. The maximum absolute atomic E-state index is 15.9. The molecule has 5 rings (SSSR count). The van der Waals surface area contributed by atoms with E-state index in [-0.39, 0.29) is 28.1 Å². The van der Waals surface area contributed by atoms with E-state index in [0.29, 0.717) is 22.5 Å². The van der Waals surface area contributed by atoms with E-state index in [0.717, 1.165) is 62.2 Å². The lowest BCUT2D eigenvalue weighted by Crippen LogP contribution is -2.44. The summed E-state index contributed by atoms with van der Waals surface area (Å²) in [4.78, 5) is 28.5. The molecule has 0 bridgehead atoms. The van der Waals surface area contributed by atoms with Crippen molar-refractivity contribution in [3.05, 3.63) is 87.5 Å². The highest BCUT2D eigenvalue weighted by Gasteiger charge is 2.46. The Morgan fingerprint density at radius 3 is 2.34 bits per heavy atom. The third-order valence-electron chi connectivity index (χ3n) is 10.2. The van der Waals surface area contributed by atoms with Crippen molar-refractivity contribution in [1.29, 1.82) is 0 Å². The Morgan fingerprint density at radius 1 is 1.11 bits per heavy atom. The SMILES string of the molecule is C/C=C(\C)C1(n2cc(C(=NC)N=C(C(C)CC)C(C)(C)c3ccccc3)c(=O)c3cc(F)c(N4CCN(C)CC4)cc32)CC1. The predicted molar refractivity (Wildman–Crippen MR) is 183 cm³/mol. The van der Waals surface area contributed by atoms with E-state index in [1.54, 1.807) is 7.05 Å². The van der Waals surface area contributed by atoms with Crippen LogP contribution < -0.4 is 10.3 Å². The summed E-state index contributed by atoms with van der Waals surface area (Å²) in [6.45, 7) is 16.2. The average Bonchev–Trinajstić information content (AvgIpc) is 3.84. The highest BCUT2D eigenvalue weighted by Crippen LogP contribution is 2.51.